The Balaban J connectivity index is 2.60. The van der Waals surface area contributed by atoms with Crippen LogP contribution in [-0.2, 0) is 0 Å². The Bertz CT molecular complexity index is 277. The summed E-state index contributed by atoms with van der Waals surface area (Å²) in [4.78, 5) is 0. The molecule has 64 valence electrons. The maximum atomic E-state index is 5.73. The molecule has 1 unspecified atom stereocenters. The fourth-order valence-electron chi connectivity index (χ4n) is 0.669. The number of hydrogen-bond donors (Lipinski definition) is 1. The molecule has 1 aromatic rings. The van der Waals surface area contributed by atoms with Gasteiger partial charge in [0.2, 0.25) is 0 Å². The molecule has 0 amide bonds. The maximum Gasteiger partial charge on any atom is 0.106 e. The van der Waals surface area contributed by atoms with Crippen LogP contribution in [0, 0.1) is 17.8 Å². The smallest absolute Gasteiger partial charge is 0.106 e. The molecule has 1 aromatic heterocycles. The molecule has 12 heavy (non-hydrogen) atoms. The summed E-state index contributed by atoms with van der Waals surface area (Å²) in [5, 5.41) is 0. The minimum Gasteiger partial charge on any atom is -0.471 e. The lowest BCUT2D eigenvalue weighted by Gasteiger charge is -2.06. The Kier molecular flexibility index (Phi) is 2.95. The van der Waals surface area contributed by atoms with E-state index in [9.17, 15) is 0 Å². The SMILES string of the molecule is CC(C)C(N)C#Cc1ccoc1. The van der Waals surface area contributed by atoms with Gasteiger partial charge in [0, 0.05) is 0 Å². The van der Waals surface area contributed by atoms with E-state index in [-0.39, 0.29) is 6.04 Å². The summed E-state index contributed by atoms with van der Waals surface area (Å²) in [5.41, 5.74) is 6.61. The molecule has 0 aliphatic heterocycles. The lowest BCUT2D eigenvalue weighted by molar-refractivity contribution is 0.566. The zero-order valence-corrected chi connectivity index (χ0v) is 7.37. The van der Waals surface area contributed by atoms with Gasteiger partial charge in [-0.1, -0.05) is 25.7 Å². The quantitative estimate of drug-likeness (QED) is 0.639. The normalized spacial score (nSPS) is 12.3. The van der Waals surface area contributed by atoms with E-state index < -0.39 is 0 Å². The number of nitrogens with two attached hydrogens (primary N) is 1. The van der Waals surface area contributed by atoms with Crippen LogP contribution < -0.4 is 5.73 Å². The topological polar surface area (TPSA) is 39.2 Å². The lowest BCUT2D eigenvalue weighted by Crippen LogP contribution is -2.23. The second-order valence-corrected chi connectivity index (χ2v) is 3.05. The van der Waals surface area contributed by atoms with Crippen molar-refractivity contribution in [2.24, 2.45) is 11.7 Å². The van der Waals surface area contributed by atoms with E-state index in [4.69, 9.17) is 10.2 Å². The van der Waals surface area contributed by atoms with Crippen LogP contribution in [0.1, 0.15) is 19.4 Å². The van der Waals surface area contributed by atoms with Gasteiger partial charge in [-0.2, -0.15) is 0 Å². The fourth-order valence-corrected chi connectivity index (χ4v) is 0.669. The standard InChI is InChI=1S/C10H13NO/c1-8(2)10(11)4-3-9-5-6-12-7-9/h5-8,10H,11H2,1-2H3. The van der Waals surface area contributed by atoms with Crippen molar-refractivity contribution in [2.75, 3.05) is 0 Å². The van der Waals surface area contributed by atoms with Crippen LogP contribution >= 0.6 is 0 Å². The molecule has 0 fully saturated rings. The van der Waals surface area contributed by atoms with E-state index >= 15 is 0 Å². The average Bonchev–Trinajstić information content (AvgIpc) is 2.51. The van der Waals surface area contributed by atoms with Gasteiger partial charge in [-0.05, 0) is 12.0 Å². The first-order valence-electron chi connectivity index (χ1n) is 3.99. The molecule has 0 bridgehead atoms. The molecule has 0 aliphatic rings. The van der Waals surface area contributed by atoms with Crippen molar-refractivity contribution < 1.29 is 4.42 Å². The van der Waals surface area contributed by atoms with Gasteiger partial charge in [0.15, 0.2) is 0 Å². The maximum absolute atomic E-state index is 5.73. The van der Waals surface area contributed by atoms with Crippen LogP contribution in [0.25, 0.3) is 0 Å². The second-order valence-electron chi connectivity index (χ2n) is 3.05. The second kappa shape index (κ2) is 3.99. The highest BCUT2D eigenvalue weighted by molar-refractivity contribution is 5.31. The first kappa shape index (κ1) is 8.89. The Labute approximate surface area is 72.8 Å². The molecular formula is C10H13NO. The van der Waals surface area contributed by atoms with Crippen molar-refractivity contribution >= 4 is 0 Å². The third-order valence-corrected chi connectivity index (χ3v) is 1.62. The van der Waals surface area contributed by atoms with E-state index in [0.717, 1.165) is 5.56 Å². The van der Waals surface area contributed by atoms with Crippen LogP contribution in [0.15, 0.2) is 23.0 Å². The van der Waals surface area contributed by atoms with Crippen molar-refractivity contribution in [3.8, 4) is 11.8 Å². The lowest BCUT2D eigenvalue weighted by atomic mass is 10.1. The van der Waals surface area contributed by atoms with Crippen molar-refractivity contribution in [3.05, 3.63) is 24.2 Å². The van der Waals surface area contributed by atoms with E-state index in [2.05, 4.69) is 25.7 Å². The highest BCUT2D eigenvalue weighted by Crippen LogP contribution is 1.99. The van der Waals surface area contributed by atoms with Crippen LogP contribution in [0.4, 0.5) is 0 Å². The zero-order chi connectivity index (χ0) is 8.97. The highest BCUT2D eigenvalue weighted by atomic mass is 16.3. The summed E-state index contributed by atoms with van der Waals surface area (Å²) in [6.45, 7) is 4.10. The van der Waals surface area contributed by atoms with Crippen molar-refractivity contribution in [1.29, 1.82) is 0 Å². The van der Waals surface area contributed by atoms with Crippen LogP contribution in [-0.4, -0.2) is 6.04 Å². The van der Waals surface area contributed by atoms with E-state index in [0.29, 0.717) is 5.92 Å². The number of hydrogen-bond acceptors (Lipinski definition) is 2. The molecule has 0 aliphatic carbocycles. The number of furan rings is 1. The molecule has 1 heterocycles. The largest absolute Gasteiger partial charge is 0.471 e. The summed E-state index contributed by atoms with van der Waals surface area (Å²) >= 11 is 0. The van der Waals surface area contributed by atoms with Gasteiger partial charge >= 0.3 is 0 Å². The highest BCUT2D eigenvalue weighted by Gasteiger charge is 2.01. The molecule has 2 heteroatoms. The molecule has 0 saturated carbocycles. The third-order valence-electron chi connectivity index (χ3n) is 1.62. The summed E-state index contributed by atoms with van der Waals surface area (Å²) in [5.74, 6) is 6.28. The molecule has 0 spiro atoms. The Hall–Kier alpha value is -1.20. The van der Waals surface area contributed by atoms with Gasteiger partial charge in [-0.3, -0.25) is 0 Å². The van der Waals surface area contributed by atoms with Crippen LogP contribution in [0.3, 0.4) is 0 Å². The predicted molar refractivity (Wildman–Crippen MR) is 48.4 cm³/mol. The van der Waals surface area contributed by atoms with Crippen molar-refractivity contribution in [3.63, 3.8) is 0 Å². The van der Waals surface area contributed by atoms with Crippen LogP contribution in [0.5, 0.6) is 0 Å². The van der Waals surface area contributed by atoms with Gasteiger partial charge in [-0.25, -0.2) is 0 Å². The molecule has 2 N–H and O–H groups in total. The first-order chi connectivity index (χ1) is 5.70. The zero-order valence-electron chi connectivity index (χ0n) is 7.37. The summed E-state index contributed by atoms with van der Waals surface area (Å²) in [7, 11) is 0. The van der Waals surface area contributed by atoms with E-state index in [1.54, 1.807) is 12.5 Å². The monoisotopic (exact) mass is 163 g/mol. The van der Waals surface area contributed by atoms with Gasteiger partial charge in [0.25, 0.3) is 0 Å². The number of rotatable bonds is 1. The Morgan fingerprint density at radius 3 is 2.75 bits per heavy atom. The van der Waals surface area contributed by atoms with Crippen LogP contribution in [0.2, 0.25) is 0 Å². The minimum atomic E-state index is -0.0556. The first-order valence-corrected chi connectivity index (χ1v) is 3.99. The Morgan fingerprint density at radius 2 is 2.25 bits per heavy atom. The van der Waals surface area contributed by atoms with E-state index in [1.807, 2.05) is 6.07 Å². The molecular weight excluding hydrogens is 150 g/mol. The molecule has 1 atom stereocenters. The summed E-state index contributed by atoms with van der Waals surface area (Å²) in [6, 6.07) is 1.76. The van der Waals surface area contributed by atoms with Gasteiger partial charge in [-0.15, -0.1) is 0 Å². The third kappa shape index (κ3) is 2.44. The van der Waals surface area contributed by atoms with Crippen molar-refractivity contribution in [2.45, 2.75) is 19.9 Å². The van der Waals surface area contributed by atoms with Gasteiger partial charge in [0.1, 0.15) is 6.26 Å². The molecule has 0 saturated heterocycles. The summed E-state index contributed by atoms with van der Waals surface area (Å²) < 4.78 is 4.86. The molecule has 1 rings (SSSR count). The Morgan fingerprint density at radius 1 is 1.50 bits per heavy atom. The molecule has 0 aromatic carbocycles. The molecule has 2 nitrogen and oxygen atoms in total. The van der Waals surface area contributed by atoms with E-state index in [1.165, 1.54) is 0 Å². The van der Waals surface area contributed by atoms with Crippen molar-refractivity contribution in [1.82, 2.24) is 0 Å². The predicted octanol–water partition coefficient (Wildman–Crippen LogP) is 1.61. The minimum absolute atomic E-state index is 0.0556. The van der Waals surface area contributed by atoms with Gasteiger partial charge < -0.3 is 10.2 Å². The average molecular weight is 163 g/mol. The fraction of sp³-hybridized carbons (Fsp3) is 0.400. The molecule has 0 radical (unpaired) electrons. The summed E-state index contributed by atoms with van der Waals surface area (Å²) in [6.07, 6.45) is 3.21. The van der Waals surface area contributed by atoms with Gasteiger partial charge in [0.05, 0.1) is 17.9 Å².